The number of esters is 1. The van der Waals surface area contributed by atoms with E-state index >= 15 is 0 Å². The lowest BCUT2D eigenvalue weighted by atomic mass is 9.84. The molecule has 0 atom stereocenters. The van der Waals surface area contributed by atoms with E-state index in [2.05, 4.69) is 14.9 Å². The van der Waals surface area contributed by atoms with Crippen LogP contribution >= 0.6 is 0 Å². The van der Waals surface area contributed by atoms with Crippen LogP contribution in [0.2, 0.25) is 0 Å². The number of hydrogen-bond donors (Lipinski definition) is 1. The Morgan fingerprint density at radius 3 is 2.45 bits per heavy atom. The van der Waals surface area contributed by atoms with Gasteiger partial charge in [0.25, 0.3) is 0 Å². The Morgan fingerprint density at radius 1 is 1.27 bits per heavy atom. The van der Waals surface area contributed by atoms with Crippen LogP contribution < -0.4 is 0 Å². The minimum absolute atomic E-state index is 0.158. The van der Waals surface area contributed by atoms with E-state index in [1.807, 2.05) is 26.8 Å². The summed E-state index contributed by atoms with van der Waals surface area (Å²) in [6, 6.07) is 3.72. The van der Waals surface area contributed by atoms with Crippen LogP contribution in [0.1, 0.15) is 38.3 Å². The predicted molar refractivity (Wildman–Crippen MR) is 82.1 cm³/mol. The van der Waals surface area contributed by atoms with E-state index in [0.29, 0.717) is 12.1 Å². The summed E-state index contributed by atoms with van der Waals surface area (Å²) < 4.78 is 4.68. The Balaban J connectivity index is 2.47. The Morgan fingerprint density at radius 2 is 1.91 bits per heavy atom. The average molecular weight is 303 g/mol. The van der Waals surface area contributed by atoms with Gasteiger partial charge in [-0.2, -0.15) is 10.2 Å². The van der Waals surface area contributed by atoms with Gasteiger partial charge in [0.1, 0.15) is 11.4 Å². The lowest BCUT2D eigenvalue weighted by molar-refractivity contribution is -0.140. The Labute approximate surface area is 129 Å². The molecule has 0 unspecified atom stereocenters. The summed E-state index contributed by atoms with van der Waals surface area (Å²) in [5.74, 6) is -0.102. The van der Waals surface area contributed by atoms with Crippen LogP contribution in [0.5, 0.6) is 5.75 Å². The summed E-state index contributed by atoms with van der Waals surface area (Å²) in [6.07, 6.45) is 3.93. The molecule has 2 rings (SSSR count). The molecule has 0 aliphatic rings. The Hall–Kier alpha value is -2.37. The number of hydrogen-bond acceptors (Lipinski definition) is 5. The molecule has 1 N–H and O–H groups in total. The third kappa shape index (κ3) is 3.44. The second-order valence-electron chi connectivity index (χ2n) is 6.16. The summed E-state index contributed by atoms with van der Waals surface area (Å²) in [4.78, 5) is 12.7. The Kier molecular flexibility index (Phi) is 4.49. The molecule has 0 fully saturated rings. The number of aryl methyl sites for hydroxylation is 1. The summed E-state index contributed by atoms with van der Waals surface area (Å²) in [5.41, 5.74) is 1.99. The molecular formula is C16H21N3O3. The third-order valence-corrected chi connectivity index (χ3v) is 3.44. The number of aromatic nitrogens is 3. The van der Waals surface area contributed by atoms with Crippen LogP contribution in [-0.2, 0) is 21.4 Å². The molecule has 0 amide bonds. The molecule has 6 heteroatoms. The summed E-state index contributed by atoms with van der Waals surface area (Å²) in [5, 5.41) is 18.7. The van der Waals surface area contributed by atoms with Crippen molar-refractivity contribution in [3.8, 4) is 11.4 Å². The Bertz CT molecular complexity index is 658. The monoisotopic (exact) mass is 303 g/mol. The number of ether oxygens (including phenoxy) is 1. The van der Waals surface area contributed by atoms with E-state index in [9.17, 15) is 9.90 Å². The van der Waals surface area contributed by atoms with Gasteiger partial charge in [-0.15, -0.1) is 4.80 Å². The van der Waals surface area contributed by atoms with Gasteiger partial charge < -0.3 is 9.84 Å². The second-order valence-corrected chi connectivity index (χ2v) is 6.16. The molecule has 22 heavy (non-hydrogen) atoms. The van der Waals surface area contributed by atoms with Crippen LogP contribution in [0.25, 0.3) is 5.69 Å². The number of phenols is 1. The number of rotatable bonds is 4. The maximum Gasteiger partial charge on any atom is 0.305 e. The third-order valence-electron chi connectivity index (χ3n) is 3.44. The lowest BCUT2D eigenvalue weighted by Crippen LogP contribution is -2.14. The summed E-state index contributed by atoms with van der Waals surface area (Å²) in [7, 11) is 1.37. The first-order valence-electron chi connectivity index (χ1n) is 7.13. The highest BCUT2D eigenvalue weighted by Crippen LogP contribution is 2.36. The molecule has 0 saturated heterocycles. The van der Waals surface area contributed by atoms with Crippen molar-refractivity contribution in [3.63, 3.8) is 0 Å². The van der Waals surface area contributed by atoms with Gasteiger partial charge in [0.2, 0.25) is 0 Å². The van der Waals surface area contributed by atoms with Gasteiger partial charge in [-0.3, -0.25) is 4.79 Å². The van der Waals surface area contributed by atoms with Crippen molar-refractivity contribution in [1.82, 2.24) is 15.0 Å². The number of carbonyl (C=O) groups excluding carboxylic acids is 1. The van der Waals surface area contributed by atoms with Crippen molar-refractivity contribution >= 4 is 5.97 Å². The molecule has 1 aromatic heterocycles. The van der Waals surface area contributed by atoms with E-state index in [0.717, 1.165) is 11.1 Å². The number of aromatic hydroxyl groups is 1. The van der Waals surface area contributed by atoms with Crippen molar-refractivity contribution in [2.24, 2.45) is 0 Å². The molecule has 0 bridgehead atoms. The number of benzene rings is 1. The predicted octanol–water partition coefficient (Wildman–Crippen LogP) is 2.38. The SMILES string of the molecule is COC(=O)CCc1cc(-n2nccn2)c(O)c(C(C)(C)C)c1. The minimum Gasteiger partial charge on any atom is -0.505 e. The lowest BCUT2D eigenvalue weighted by Gasteiger charge is -2.23. The highest BCUT2D eigenvalue weighted by atomic mass is 16.5. The van der Waals surface area contributed by atoms with Crippen molar-refractivity contribution in [2.75, 3.05) is 7.11 Å². The van der Waals surface area contributed by atoms with Crippen LogP contribution in [0.3, 0.4) is 0 Å². The fourth-order valence-corrected chi connectivity index (χ4v) is 2.23. The zero-order chi connectivity index (χ0) is 16.3. The van der Waals surface area contributed by atoms with E-state index in [1.165, 1.54) is 11.9 Å². The zero-order valence-corrected chi connectivity index (χ0v) is 13.3. The zero-order valence-electron chi connectivity index (χ0n) is 13.3. The van der Waals surface area contributed by atoms with Crippen molar-refractivity contribution in [2.45, 2.75) is 39.0 Å². The fraction of sp³-hybridized carbons (Fsp3) is 0.438. The highest BCUT2D eigenvalue weighted by Gasteiger charge is 2.22. The largest absolute Gasteiger partial charge is 0.505 e. The first-order chi connectivity index (χ1) is 10.3. The highest BCUT2D eigenvalue weighted by molar-refractivity contribution is 5.69. The number of phenolic OH excluding ortho intramolecular Hbond substituents is 1. The van der Waals surface area contributed by atoms with Crippen LogP contribution in [0.15, 0.2) is 24.5 Å². The molecule has 2 aromatic rings. The molecule has 1 aromatic carbocycles. The fourth-order valence-electron chi connectivity index (χ4n) is 2.23. The van der Waals surface area contributed by atoms with Crippen molar-refractivity contribution < 1.29 is 14.6 Å². The number of nitrogens with zero attached hydrogens (tertiary/aromatic N) is 3. The van der Waals surface area contributed by atoms with Gasteiger partial charge in [-0.05, 0) is 23.5 Å². The quantitative estimate of drug-likeness (QED) is 0.877. The topological polar surface area (TPSA) is 77.2 Å². The van der Waals surface area contributed by atoms with Crippen LogP contribution in [-0.4, -0.2) is 33.2 Å². The molecule has 118 valence electrons. The van der Waals surface area contributed by atoms with Crippen molar-refractivity contribution in [3.05, 3.63) is 35.7 Å². The molecule has 1 heterocycles. The van der Waals surface area contributed by atoms with Gasteiger partial charge in [0, 0.05) is 12.0 Å². The van der Waals surface area contributed by atoms with E-state index in [1.54, 1.807) is 18.5 Å². The minimum atomic E-state index is -0.260. The molecule has 0 aliphatic carbocycles. The normalized spacial score (nSPS) is 11.5. The number of methoxy groups -OCH3 is 1. The molecule has 0 aliphatic heterocycles. The van der Waals surface area contributed by atoms with Crippen LogP contribution in [0.4, 0.5) is 0 Å². The average Bonchev–Trinajstić information content (AvgIpc) is 2.98. The van der Waals surface area contributed by atoms with Crippen LogP contribution in [0, 0.1) is 0 Å². The molecule has 6 nitrogen and oxygen atoms in total. The van der Waals surface area contributed by atoms with E-state index < -0.39 is 0 Å². The first kappa shape index (κ1) is 16.0. The molecule has 0 spiro atoms. The van der Waals surface area contributed by atoms with Gasteiger partial charge >= 0.3 is 5.97 Å². The van der Waals surface area contributed by atoms with Gasteiger partial charge in [0.05, 0.1) is 19.5 Å². The molecule has 0 radical (unpaired) electrons. The number of carbonyl (C=O) groups is 1. The van der Waals surface area contributed by atoms with Gasteiger partial charge in [-0.25, -0.2) is 0 Å². The standard InChI is InChI=1S/C16H21N3O3/c1-16(2,3)12-9-11(5-6-14(20)22-4)10-13(15(12)21)19-17-7-8-18-19/h7-10,21H,5-6H2,1-4H3. The van der Waals surface area contributed by atoms with Crippen molar-refractivity contribution in [1.29, 1.82) is 0 Å². The smallest absolute Gasteiger partial charge is 0.305 e. The van der Waals surface area contributed by atoms with Gasteiger partial charge in [-0.1, -0.05) is 26.8 Å². The second kappa shape index (κ2) is 6.17. The first-order valence-corrected chi connectivity index (χ1v) is 7.13. The van der Waals surface area contributed by atoms with Gasteiger partial charge in [0.15, 0.2) is 0 Å². The van der Waals surface area contributed by atoms with E-state index in [4.69, 9.17) is 0 Å². The maximum atomic E-state index is 11.3. The van der Waals surface area contributed by atoms with E-state index in [-0.39, 0.29) is 23.6 Å². The summed E-state index contributed by atoms with van der Waals surface area (Å²) in [6.45, 7) is 6.06. The summed E-state index contributed by atoms with van der Waals surface area (Å²) >= 11 is 0. The molecule has 0 saturated carbocycles. The molecular weight excluding hydrogens is 282 g/mol. The maximum absolute atomic E-state index is 11.3.